The average molecular weight is 438 g/mol. The SMILES string of the molecule is CCCCN1C(=O)CC[C@@H](C(=O)NCC(C)(C)c2ccncc2)[C@H]1c1ccccc1OC. The van der Waals surface area contributed by atoms with Gasteiger partial charge in [-0.3, -0.25) is 14.6 Å². The van der Waals surface area contributed by atoms with Crippen LogP contribution in [0.5, 0.6) is 5.75 Å². The maximum Gasteiger partial charge on any atom is 0.225 e. The number of carbonyl (C=O) groups is 2. The van der Waals surface area contributed by atoms with E-state index in [0.29, 0.717) is 31.7 Å². The first kappa shape index (κ1) is 23.8. The van der Waals surface area contributed by atoms with Crippen LogP contribution in [0.15, 0.2) is 48.8 Å². The summed E-state index contributed by atoms with van der Waals surface area (Å²) in [5.41, 5.74) is 1.79. The molecule has 32 heavy (non-hydrogen) atoms. The predicted octanol–water partition coefficient (Wildman–Crippen LogP) is 4.26. The van der Waals surface area contributed by atoms with E-state index in [0.717, 1.165) is 24.0 Å². The quantitative estimate of drug-likeness (QED) is 0.636. The highest BCUT2D eigenvalue weighted by Crippen LogP contribution is 2.41. The molecule has 6 nitrogen and oxygen atoms in total. The lowest BCUT2D eigenvalue weighted by molar-refractivity contribution is -0.143. The number of aromatic nitrogens is 1. The molecule has 172 valence electrons. The molecule has 1 aliphatic heterocycles. The minimum atomic E-state index is -0.331. The summed E-state index contributed by atoms with van der Waals surface area (Å²) in [6.07, 6.45) is 6.36. The fourth-order valence-corrected chi connectivity index (χ4v) is 4.46. The third kappa shape index (κ3) is 5.29. The maximum atomic E-state index is 13.5. The Labute approximate surface area is 191 Å². The zero-order chi connectivity index (χ0) is 23.1. The number of nitrogens with zero attached hydrogens (tertiary/aromatic N) is 2. The van der Waals surface area contributed by atoms with Crippen molar-refractivity contribution in [1.29, 1.82) is 0 Å². The molecule has 1 N–H and O–H groups in total. The topological polar surface area (TPSA) is 71.5 Å². The van der Waals surface area contributed by atoms with E-state index < -0.39 is 0 Å². The number of methoxy groups -OCH3 is 1. The Kier molecular flexibility index (Phi) is 7.89. The molecular weight excluding hydrogens is 402 g/mol. The molecular formula is C26H35N3O3. The molecule has 0 spiro atoms. The van der Waals surface area contributed by atoms with Crippen LogP contribution in [0.1, 0.15) is 63.6 Å². The Morgan fingerprint density at radius 3 is 2.62 bits per heavy atom. The van der Waals surface area contributed by atoms with Crippen LogP contribution in [0, 0.1) is 5.92 Å². The molecule has 2 amide bonds. The number of carbonyl (C=O) groups excluding carboxylic acids is 2. The normalized spacial score (nSPS) is 19.0. The zero-order valence-corrected chi connectivity index (χ0v) is 19.6. The Morgan fingerprint density at radius 2 is 1.94 bits per heavy atom. The summed E-state index contributed by atoms with van der Waals surface area (Å²) in [6, 6.07) is 11.4. The fraction of sp³-hybridized carbons (Fsp3) is 0.500. The largest absolute Gasteiger partial charge is 0.496 e. The van der Waals surface area contributed by atoms with Gasteiger partial charge in [-0.05, 0) is 36.6 Å². The number of nitrogens with one attached hydrogen (secondary N) is 1. The summed E-state index contributed by atoms with van der Waals surface area (Å²) in [5.74, 6) is 0.477. The predicted molar refractivity (Wildman–Crippen MR) is 125 cm³/mol. The molecule has 1 aromatic carbocycles. The zero-order valence-electron chi connectivity index (χ0n) is 19.6. The smallest absolute Gasteiger partial charge is 0.225 e. The number of likely N-dealkylation sites (tertiary alicyclic amines) is 1. The van der Waals surface area contributed by atoms with Crippen LogP contribution in [-0.4, -0.2) is 41.9 Å². The van der Waals surface area contributed by atoms with E-state index in [9.17, 15) is 9.59 Å². The number of rotatable bonds is 9. The van der Waals surface area contributed by atoms with Gasteiger partial charge in [-0.2, -0.15) is 0 Å². The third-order valence-electron chi connectivity index (χ3n) is 6.42. The van der Waals surface area contributed by atoms with Crippen molar-refractivity contribution in [2.45, 2.75) is 57.9 Å². The van der Waals surface area contributed by atoms with Crippen molar-refractivity contribution < 1.29 is 14.3 Å². The number of hydrogen-bond donors (Lipinski definition) is 1. The number of unbranched alkanes of at least 4 members (excludes halogenated alkanes) is 1. The highest BCUT2D eigenvalue weighted by molar-refractivity contribution is 5.85. The molecule has 0 bridgehead atoms. The minimum absolute atomic E-state index is 0.0166. The molecule has 0 unspecified atom stereocenters. The first-order valence-electron chi connectivity index (χ1n) is 11.5. The first-order valence-corrected chi connectivity index (χ1v) is 11.5. The number of hydrogen-bond acceptors (Lipinski definition) is 4. The van der Waals surface area contributed by atoms with Gasteiger partial charge in [0.1, 0.15) is 5.75 Å². The van der Waals surface area contributed by atoms with Crippen LogP contribution in [0.25, 0.3) is 0 Å². The molecule has 1 aromatic heterocycles. The van der Waals surface area contributed by atoms with E-state index in [1.54, 1.807) is 19.5 Å². The molecule has 6 heteroatoms. The Morgan fingerprint density at radius 1 is 1.22 bits per heavy atom. The summed E-state index contributed by atoms with van der Waals surface area (Å²) in [5, 5.41) is 3.18. The van der Waals surface area contributed by atoms with Crippen LogP contribution in [0.2, 0.25) is 0 Å². The summed E-state index contributed by atoms with van der Waals surface area (Å²) in [7, 11) is 1.63. The fourth-order valence-electron chi connectivity index (χ4n) is 4.46. The van der Waals surface area contributed by atoms with Crippen molar-refractivity contribution in [1.82, 2.24) is 15.2 Å². The highest BCUT2D eigenvalue weighted by Gasteiger charge is 2.41. The number of pyridine rings is 1. The molecule has 0 saturated carbocycles. The number of piperidine rings is 1. The number of amides is 2. The molecule has 0 radical (unpaired) electrons. The van der Waals surface area contributed by atoms with Crippen molar-refractivity contribution in [3.63, 3.8) is 0 Å². The maximum absolute atomic E-state index is 13.5. The molecule has 3 rings (SSSR count). The van der Waals surface area contributed by atoms with Crippen molar-refractivity contribution in [2.24, 2.45) is 5.92 Å². The van der Waals surface area contributed by atoms with E-state index in [2.05, 4.69) is 31.1 Å². The van der Waals surface area contributed by atoms with E-state index in [1.165, 1.54) is 0 Å². The Balaban J connectivity index is 1.86. The van der Waals surface area contributed by atoms with Crippen LogP contribution in [0.3, 0.4) is 0 Å². The van der Waals surface area contributed by atoms with E-state index in [4.69, 9.17) is 4.74 Å². The number of para-hydroxylation sites is 1. The van der Waals surface area contributed by atoms with Crippen LogP contribution < -0.4 is 10.1 Å². The van der Waals surface area contributed by atoms with Crippen LogP contribution in [0.4, 0.5) is 0 Å². The molecule has 0 aliphatic carbocycles. The molecule has 2 aromatic rings. The summed E-state index contributed by atoms with van der Waals surface area (Å²) in [4.78, 5) is 32.4. The average Bonchev–Trinajstić information content (AvgIpc) is 2.82. The lowest BCUT2D eigenvalue weighted by atomic mass is 9.82. The van der Waals surface area contributed by atoms with Gasteiger partial charge < -0.3 is 15.0 Å². The van der Waals surface area contributed by atoms with Crippen molar-refractivity contribution in [2.75, 3.05) is 20.2 Å². The van der Waals surface area contributed by atoms with Gasteiger partial charge in [-0.25, -0.2) is 0 Å². The Hall–Kier alpha value is -2.89. The second kappa shape index (κ2) is 10.6. The van der Waals surface area contributed by atoms with Gasteiger partial charge in [0.05, 0.1) is 19.1 Å². The first-order chi connectivity index (χ1) is 15.4. The van der Waals surface area contributed by atoms with Crippen molar-refractivity contribution >= 4 is 11.8 Å². The van der Waals surface area contributed by atoms with E-state index in [1.807, 2.05) is 41.3 Å². The molecule has 1 aliphatic rings. The van der Waals surface area contributed by atoms with Crippen molar-refractivity contribution in [3.8, 4) is 5.75 Å². The number of ether oxygens (including phenoxy) is 1. The third-order valence-corrected chi connectivity index (χ3v) is 6.42. The van der Waals surface area contributed by atoms with Crippen molar-refractivity contribution in [3.05, 3.63) is 59.9 Å². The van der Waals surface area contributed by atoms with Crippen LogP contribution >= 0.6 is 0 Å². The van der Waals surface area contributed by atoms with Crippen LogP contribution in [-0.2, 0) is 15.0 Å². The van der Waals surface area contributed by atoms with Gasteiger partial charge in [0.25, 0.3) is 0 Å². The van der Waals surface area contributed by atoms with Gasteiger partial charge in [0.2, 0.25) is 11.8 Å². The second-order valence-electron chi connectivity index (χ2n) is 9.11. The summed E-state index contributed by atoms with van der Waals surface area (Å²) < 4.78 is 5.61. The second-order valence-corrected chi connectivity index (χ2v) is 9.11. The lowest BCUT2D eigenvalue weighted by Crippen LogP contribution is -2.49. The highest BCUT2D eigenvalue weighted by atomic mass is 16.5. The monoisotopic (exact) mass is 437 g/mol. The van der Waals surface area contributed by atoms with Gasteiger partial charge in [-0.1, -0.05) is 45.4 Å². The van der Waals surface area contributed by atoms with E-state index in [-0.39, 0.29) is 29.2 Å². The minimum Gasteiger partial charge on any atom is -0.496 e. The molecule has 1 saturated heterocycles. The summed E-state index contributed by atoms with van der Waals surface area (Å²) in [6.45, 7) is 7.48. The Bertz CT molecular complexity index is 914. The molecule has 2 atom stereocenters. The van der Waals surface area contributed by atoms with E-state index >= 15 is 0 Å². The lowest BCUT2D eigenvalue weighted by Gasteiger charge is -2.41. The number of benzene rings is 1. The molecule has 1 fully saturated rings. The standard InChI is InChI=1S/C26H35N3O3/c1-5-6-17-29-23(30)12-11-21(24(29)20-9-7-8-10-22(20)32-4)25(31)28-18-26(2,3)19-13-15-27-16-14-19/h7-10,13-16,21,24H,5-6,11-12,17-18H2,1-4H3,(H,28,31)/t21-,24-/m1/s1. The van der Waals surface area contributed by atoms with Gasteiger partial charge in [0.15, 0.2) is 0 Å². The van der Waals surface area contributed by atoms with Gasteiger partial charge >= 0.3 is 0 Å². The van der Waals surface area contributed by atoms with Gasteiger partial charge in [0, 0.05) is 42.9 Å². The summed E-state index contributed by atoms with van der Waals surface area (Å²) >= 11 is 0. The van der Waals surface area contributed by atoms with Gasteiger partial charge in [-0.15, -0.1) is 0 Å². The molecule has 2 heterocycles.